The zero-order valence-corrected chi connectivity index (χ0v) is 19.4. The number of aryl methyl sites for hydroxylation is 1. The van der Waals surface area contributed by atoms with Crippen LogP contribution in [-0.4, -0.2) is 11.8 Å². The Balaban J connectivity index is 1.48. The molecule has 0 fully saturated rings. The lowest BCUT2D eigenvalue weighted by atomic mass is 9.99. The smallest absolute Gasteiger partial charge is 0.339 e. The third-order valence-electron chi connectivity index (χ3n) is 5.28. The van der Waals surface area contributed by atoms with Gasteiger partial charge in [-0.2, -0.15) is 0 Å². The first-order valence-corrected chi connectivity index (χ1v) is 11.2. The summed E-state index contributed by atoms with van der Waals surface area (Å²) in [6, 6.07) is 30.2. The molecule has 0 aliphatic heterocycles. The third kappa shape index (κ3) is 5.91. The molecule has 4 aromatic carbocycles. The predicted molar refractivity (Wildman–Crippen MR) is 132 cm³/mol. The lowest BCUT2D eigenvalue weighted by molar-refractivity contribution is 0.0280. The minimum atomic E-state index is -1.09. The summed E-state index contributed by atoms with van der Waals surface area (Å²) in [6.45, 7) is 2.38. The molecule has 0 saturated carbocycles. The predicted octanol–water partition coefficient (Wildman–Crippen LogP) is 7.01. The standard InChI is InChI=1S/C29H23ClO4/c1-20-6-5-9-26(18-20)33-19-21-10-12-24(13-11-21)29(32)34-28(23-14-16-25(30)17-15-23)27(31)22-7-3-2-4-8-22/h2-18,28H,19H2,1H3/t28-/m1/s1. The van der Waals surface area contributed by atoms with E-state index in [1.807, 2.05) is 49.4 Å². The van der Waals surface area contributed by atoms with Gasteiger partial charge in [0, 0.05) is 16.1 Å². The second-order valence-electron chi connectivity index (χ2n) is 7.87. The summed E-state index contributed by atoms with van der Waals surface area (Å²) < 4.78 is 11.5. The van der Waals surface area contributed by atoms with Gasteiger partial charge >= 0.3 is 5.97 Å². The largest absolute Gasteiger partial charge is 0.489 e. The molecule has 4 rings (SSSR count). The van der Waals surface area contributed by atoms with E-state index in [1.165, 1.54) is 0 Å². The van der Waals surface area contributed by atoms with E-state index in [4.69, 9.17) is 21.1 Å². The summed E-state index contributed by atoms with van der Waals surface area (Å²) in [5, 5.41) is 0.532. The fourth-order valence-corrected chi connectivity index (χ4v) is 3.57. The Morgan fingerprint density at radius 2 is 1.50 bits per heavy atom. The lowest BCUT2D eigenvalue weighted by Crippen LogP contribution is -2.20. The minimum absolute atomic E-state index is 0.306. The van der Waals surface area contributed by atoms with E-state index in [9.17, 15) is 9.59 Å². The molecule has 4 aromatic rings. The van der Waals surface area contributed by atoms with Crippen LogP contribution in [0, 0.1) is 6.92 Å². The van der Waals surface area contributed by atoms with Crippen LogP contribution in [0.2, 0.25) is 5.02 Å². The molecular weight excluding hydrogens is 448 g/mol. The van der Waals surface area contributed by atoms with Gasteiger partial charge in [-0.05, 0) is 54.4 Å². The van der Waals surface area contributed by atoms with Crippen molar-refractivity contribution in [3.8, 4) is 5.75 Å². The van der Waals surface area contributed by atoms with Crippen molar-refractivity contribution in [2.75, 3.05) is 0 Å². The molecule has 0 amide bonds. The van der Waals surface area contributed by atoms with Gasteiger partial charge in [-0.1, -0.05) is 78.3 Å². The van der Waals surface area contributed by atoms with Crippen LogP contribution >= 0.6 is 11.6 Å². The summed E-state index contributed by atoms with van der Waals surface area (Å²) in [6.07, 6.45) is -1.09. The summed E-state index contributed by atoms with van der Waals surface area (Å²) in [4.78, 5) is 26.1. The minimum Gasteiger partial charge on any atom is -0.489 e. The Bertz CT molecular complexity index is 1270. The van der Waals surface area contributed by atoms with E-state index in [0.29, 0.717) is 28.3 Å². The van der Waals surface area contributed by atoms with Crippen molar-refractivity contribution in [1.82, 2.24) is 0 Å². The van der Waals surface area contributed by atoms with Crippen LogP contribution in [-0.2, 0) is 11.3 Å². The maximum atomic E-state index is 13.2. The van der Waals surface area contributed by atoms with E-state index in [1.54, 1.807) is 60.7 Å². The first-order chi connectivity index (χ1) is 16.5. The van der Waals surface area contributed by atoms with Gasteiger partial charge < -0.3 is 9.47 Å². The number of halogens is 1. The van der Waals surface area contributed by atoms with Gasteiger partial charge in [0.2, 0.25) is 5.78 Å². The first kappa shape index (κ1) is 23.3. The second-order valence-corrected chi connectivity index (χ2v) is 8.31. The highest BCUT2D eigenvalue weighted by molar-refractivity contribution is 6.30. The molecule has 4 nitrogen and oxygen atoms in total. The van der Waals surface area contributed by atoms with Crippen LogP contribution in [0.1, 0.15) is 43.5 Å². The van der Waals surface area contributed by atoms with Crippen molar-refractivity contribution in [2.24, 2.45) is 0 Å². The van der Waals surface area contributed by atoms with Gasteiger partial charge in [-0.15, -0.1) is 0 Å². The average molecular weight is 471 g/mol. The molecular formula is C29H23ClO4. The molecule has 0 aliphatic rings. The molecule has 0 bridgehead atoms. The SMILES string of the molecule is Cc1cccc(OCc2ccc(C(=O)O[C@@H](C(=O)c3ccccc3)c3ccc(Cl)cc3)cc2)c1. The fourth-order valence-electron chi connectivity index (χ4n) is 3.45. The highest BCUT2D eigenvalue weighted by atomic mass is 35.5. The molecule has 1 atom stereocenters. The summed E-state index contributed by atoms with van der Waals surface area (Å²) >= 11 is 6.00. The highest BCUT2D eigenvalue weighted by Crippen LogP contribution is 2.26. The maximum Gasteiger partial charge on any atom is 0.339 e. The van der Waals surface area contributed by atoms with Gasteiger partial charge in [0.05, 0.1) is 5.56 Å². The van der Waals surface area contributed by atoms with Crippen molar-refractivity contribution in [3.63, 3.8) is 0 Å². The second kappa shape index (κ2) is 10.8. The summed E-state index contributed by atoms with van der Waals surface area (Å²) in [5.74, 6) is -0.108. The topological polar surface area (TPSA) is 52.6 Å². The third-order valence-corrected chi connectivity index (χ3v) is 5.53. The normalized spacial score (nSPS) is 11.5. The molecule has 0 saturated heterocycles. The van der Waals surface area contributed by atoms with Crippen LogP contribution in [0.15, 0.2) is 103 Å². The van der Waals surface area contributed by atoms with E-state index in [2.05, 4.69) is 0 Å². The van der Waals surface area contributed by atoms with Crippen LogP contribution in [0.3, 0.4) is 0 Å². The van der Waals surface area contributed by atoms with Gasteiger partial charge in [-0.3, -0.25) is 4.79 Å². The Labute approximate surface area is 203 Å². The molecule has 0 heterocycles. The molecule has 170 valence electrons. The van der Waals surface area contributed by atoms with Crippen LogP contribution in [0.5, 0.6) is 5.75 Å². The molecule has 0 radical (unpaired) electrons. The van der Waals surface area contributed by atoms with Gasteiger partial charge in [0.15, 0.2) is 6.10 Å². The van der Waals surface area contributed by atoms with Crippen molar-refractivity contribution >= 4 is 23.4 Å². The number of rotatable bonds is 8. The molecule has 5 heteroatoms. The molecule has 0 N–H and O–H groups in total. The Hall–Kier alpha value is -3.89. The van der Waals surface area contributed by atoms with Crippen molar-refractivity contribution < 1.29 is 19.1 Å². The van der Waals surface area contributed by atoms with Gasteiger partial charge in [0.1, 0.15) is 12.4 Å². The van der Waals surface area contributed by atoms with E-state index in [0.717, 1.165) is 16.9 Å². The maximum absolute atomic E-state index is 13.2. The molecule has 0 aromatic heterocycles. The molecule has 0 unspecified atom stereocenters. The zero-order valence-electron chi connectivity index (χ0n) is 18.6. The number of hydrogen-bond donors (Lipinski definition) is 0. The van der Waals surface area contributed by atoms with Crippen LogP contribution < -0.4 is 4.74 Å². The highest BCUT2D eigenvalue weighted by Gasteiger charge is 2.26. The van der Waals surface area contributed by atoms with Gasteiger partial charge in [0.25, 0.3) is 0 Å². The van der Waals surface area contributed by atoms with E-state index >= 15 is 0 Å². The van der Waals surface area contributed by atoms with Gasteiger partial charge in [-0.25, -0.2) is 4.79 Å². The number of ether oxygens (including phenoxy) is 2. The Morgan fingerprint density at radius 3 is 2.18 bits per heavy atom. The number of esters is 1. The lowest BCUT2D eigenvalue weighted by Gasteiger charge is -2.18. The number of ketones is 1. The molecule has 0 spiro atoms. The van der Waals surface area contributed by atoms with Crippen molar-refractivity contribution in [3.05, 3.63) is 136 Å². The number of carbonyl (C=O) groups is 2. The number of Topliss-reactive ketones (excluding diaryl/α,β-unsaturated/α-hetero) is 1. The van der Waals surface area contributed by atoms with Crippen LogP contribution in [0.25, 0.3) is 0 Å². The van der Waals surface area contributed by atoms with Crippen molar-refractivity contribution in [1.29, 1.82) is 0 Å². The van der Waals surface area contributed by atoms with Crippen LogP contribution in [0.4, 0.5) is 0 Å². The number of hydrogen-bond acceptors (Lipinski definition) is 4. The summed E-state index contributed by atoms with van der Waals surface area (Å²) in [5.41, 5.74) is 3.39. The molecule has 0 aliphatic carbocycles. The Morgan fingerprint density at radius 1 is 0.794 bits per heavy atom. The fraction of sp³-hybridized carbons (Fsp3) is 0.103. The molecule has 34 heavy (non-hydrogen) atoms. The first-order valence-electron chi connectivity index (χ1n) is 10.8. The van der Waals surface area contributed by atoms with Crippen molar-refractivity contribution in [2.45, 2.75) is 19.6 Å². The number of carbonyl (C=O) groups excluding carboxylic acids is 2. The monoisotopic (exact) mass is 470 g/mol. The quantitative estimate of drug-likeness (QED) is 0.205. The zero-order chi connectivity index (χ0) is 23.9. The van der Waals surface area contributed by atoms with E-state index in [-0.39, 0.29) is 5.78 Å². The summed E-state index contributed by atoms with van der Waals surface area (Å²) in [7, 11) is 0. The Kier molecular flexibility index (Phi) is 7.41. The average Bonchev–Trinajstić information content (AvgIpc) is 2.87. The number of benzene rings is 4. The van der Waals surface area contributed by atoms with E-state index < -0.39 is 12.1 Å².